The normalized spacial score (nSPS) is 22.8. The van der Waals surface area contributed by atoms with Crippen LogP contribution >= 0.6 is 0 Å². The number of hydrogen-bond acceptors (Lipinski definition) is 5. The standard InChI is InChI=1S/C24H27NO5S/c1-2-30-24(27)20-13-12-18(15-26)21-14-25(22-11-7-6-10-19(22)23(20)21)31(28,29)16-17-8-4-3-5-9-17/h3-12,20-21,23,26H,2,13-16H2,1H3/t20-,21+,23+/m0/s1. The van der Waals surface area contributed by atoms with Gasteiger partial charge in [0.1, 0.15) is 0 Å². The molecular formula is C24H27NO5S. The van der Waals surface area contributed by atoms with E-state index in [2.05, 4.69) is 0 Å². The molecule has 0 amide bonds. The highest BCUT2D eigenvalue weighted by Gasteiger charge is 2.46. The van der Waals surface area contributed by atoms with Crippen LogP contribution in [0, 0.1) is 11.8 Å². The third-order valence-electron chi connectivity index (χ3n) is 6.20. The van der Waals surface area contributed by atoms with Crippen LogP contribution in [0.1, 0.15) is 30.4 Å². The molecule has 6 nitrogen and oxygen atoms in total. The molecule has 0 bridgehead atoms. The molecule has 4 rings (SSSR count). The van der Waals surface area contributed by atoms with E-state index < -0.39 is 15.9 Å². The second kappa shape index (κ2) is 8.85. The monoisotopic (exact) mass is 441 g/mol. The van der Waals surface area contributed by atoms with Crippen LogP contribution in [0.2, 0.25) is 0 Å². The maximum Gasteiger partial charge on any atom is 0.309 e. The van der Waals surface area contributed by atoms with Gasteiger partial charge < -0.3 is 9.84 Å². The molecule has 1 N–H and O–H groups in total. The predicted molar refractivity (Wildman–Crippen MR) is 119 cm³/mol. The fourth-order valence-corrected chi connectivity index (χ4v) is 6.45. The quantitative estimate of drug-likeness (QED) is 0.550. The first-order valence-electron chi connectivity index (χ1n) is 10.6. The third kappa shape index (κ3) is 4.12. The molecule has 7 heteroatoms. The number of carbonyl (C=O) groups is 1. The number of anilines is 1. The lowest BCUT2D eigenvalue weighted by atomic mass is 9.67. The molecule has 2 aromatic rings. The van der Waals surface area contributed by atoms with Crippen LogP contribution < -0.4 is 4.31 Å². The summed E-state index contributed by atoms with van der Waals surface area (Å²) < 4.78 is 33.7. The Morgan fingerprint density at radius 3 is 2.55 bits per heavy atom. The third-order valence-corrected chi connectivity index (χ3v) is 7.92. The van der Waals surface area contributed by atoms with Crippen molar-refractivity contribution in [3.63, 3.8) is 0 Å². The lowest BCUT2D eigenvalue weighted by Gasteiger charge is -2.45. The first-order chi connectivity index (χ1) is 15.0. The molecular weight excluding hydrogens is 414 g/mol. The van der Waals surface area contributed by atoms with Crippen LogP contribution in [0.4, 0.5) is 5.69 Å². The maximum atomic E-state index is 13.5. The number of ether oxygens (including phenoxy) is 1. The molecule has 164 valence electrons. The van der Waals surface area contributed by atoms with Crippen LogP contribution in [-0.4, -0.2) is 39.3 Å². The Labute approximate surface area is 183 Å². The molecule has 0 saturated carbocycles. The van der Waals surface area contributed by atoms with Gasteiger partial charge in [-0.25, -0.2) is 8.42 Å². The molecule has 31 heavy (non-hydrogen) atoms. The van der Waals surface area contributed by atoms with E-state index in [1.807, 2.05) is 42.5 Å². The van der Waals surface area contributed by atoms with Crippen LogP contribution in [-0.2, 0) is 25.3 Å². The van der Waals surface area contributed by atoms with Crippen LogP contribution in [0.25, 0.3) is 0 Å². The van der Waals surface area contributed by atoms with Crippen molar-refractivity contribution in [2.24, 2.45) is 11.8 Å². The molecule has 0 fully saturated rings. The molecule has 2 aromatic carbocycles. The van der Waals surface area contributed by atoms with Gasteiger partial charge in [-0.1, -0.05) is 54.6 Å². The number of aliphatic hydroxyl groups excluding tert-OH is 1. The highest BCUT2D eigenvalue weighted by molar-refractivity contribution is 7.92. The average Bonchev–Trinajstić information content (AvgIpc) is 2.78. The van der Waals surface area contributed by atoms with Gasteiger partial charge >= 0.3 is 5.97 Å². The molecule has 0 unspecified atom stereocenters. The second-order valence-electron chi connectivity index (χ2n) is 8.00. The van der Waals surface area contributed by atoms with E-state index in [-0.39, 0.29) is 36.7 Å². The minimum absolute atomic E-state index is 0.112. The Balaban J connectivity index is 1.78. The fourth-order valence-electron chi connectivity index (χ4n) is 4.83. The Morgan fingerprint density at radius 1 is 1.13 bits per heavy atom. The van der Waals surface area contributed by atoms with E-state index in [1.165, 1.54) is 4.31 Å². The summed E-state index contributed by atoms with van der Waals surface area (Å²) in [7, 11) is -3.67. The van der Waals surface area contributed by atoms with Gasteiger partial charge in [-0.15, -0.1) is 0 Å². The van der Waals surface area contributed by atoms with Crippen LogP contribution in [0.15, 0.2) is 66.2 Å². The van der Waals surface area contributed by atoms with Crippen molar-refractivity contribution < 1.29 is 23.1 Å². The SMILES string of the molecule is CCOC(=O)[C@H]1CC=C(CO)[C@H]2CN(S(=O)(=O)Cc3ccccc3)c3ccccc3[C@H]12. The molecule has 0 saturated heterocycles. The van der Waals surface area contributed by atoms with Gasteiger partial charge in [-0.3, -0.25) is 9.10 Å². The number of sulfonamides is 1. The highest BCUT2D eigenvalue weighted by atomic mass is 32.2. The fraction of sp³-hybridized carbons (Fsp3) is 0.375. The van der Waals surface area contributed by atoms with Crippen molar-refractivity contribution in [3.05, 3.63) is 77.4 Å². The lowest BCUT2D eigenvalue weighted by molar-refractivity contribution is -0.149. The van der Waals surface area contributed by atoms with E-state index >= 15 is 0 Å². The van der Waals surface area contributed by atoms with Crippen LogP contribution in [0.5, 0.6) is 0 Å². The summed E-state index contributed by atoms with van der Waals surface area (Å²) in [6, 6.07) is 16.5. The largest absolute Gasteiger partial charge is 0.466 e. The van der Waals surface area contributed by atoms with Crippen molar-refractivity contribution in [1.82, 2.24) is 0 Å². The van der Waals surface area contributed by atoms with E-state index in [0.717, 1.165) is 11.1 Å². The van der Waals surface area contributed by atoms with E-state index in [9.17, 15) is 18.3 Å². The molecule has 1 aliphatic heterocycles. The van der Waals surface area contributed by atoms with Crippen molar-refractivity contribution >= 4 is 21.7 Å². The second-order valence-corrected chi connectivity index (χ2v) is 9.89. The summed E-state index contributed by atoms with van der Waals surface area (Å²) >= 11 is 0. The molecule has 1 heterocycles. The number of aliphatic hydroxyl groups is 1. The number of allylic oxidation sites excluding steroid dienone is 1. The molecule has 1 aliphatic carbocycles. The predicted octanol–water partition coefficient (Wildman–Crippen LogP) is 3.24. The first kappa shape index (κ1) is 21.6. The van der Waals surface area contributed by atoms with Gasteiger partial charge in [0.15, 0.2) is 0 Å². The van der Waals surface area contributed by atoms with Gasteiger partial charge in [-0.2, -0.15) is 0 Å². The number of fused-ring (bicyclic) bond motifs is 3. The number of carbonyl (C=O) groups excluding carboxylic acids is 1. The van der Waals surface area contributed by atoms with Crippen molar-refractivity contribution in [1.29, 1.82) is 0 Å². The van der Waals surface area contributed by atoms with Gasteiger partial charge in [0.25, 0.3) is 0 Å². The number of nitrogens with zero attached hydrogens (tertiary/aromatic N) is 1. The Morgan fingerprint density at radius 2 is 1.84 bits per heavy atom. The summed E-state index contributed by atoms with van der Waals surface area (Å²) in [5.41, 5.74) is 2.91. The molecule has 2 aliphatic rings. The van der Waals surface area contributed by atoms with Gasteiger partial charge in [0.05, 0.1) is 30.6 Å². The van der Waals surface area contributed by atoms with E-state index in [1.54, 1.807) is 25.1 Å². The van der Waals surface area contributed by atoms with Crippen molar-refractivity contribution in [3.8, 4) is 0 Å². The molecule has 0 radical (unpaired) electrons. The smallest absolute Gasteiger partial charge is 0.309 e. The summed E-state index contributed by atoms with van der Waals surface area (Å²) in [6.45, 7) is 2.10. The van der Waals surface area contributed by atoms with Crippen LogP contribution in [0.3, 0.4) is 0 Å². The number of hydrogen-bond donors (Lipinski definition) is 1. The summed E-state index contributed by atoms with van der Waals surface area (Å²) in [4.78, 5) is 12.7. The Bertz CT molecular complexity index is 1080. The Kier molecular flexibility index (Phi) is 6.16. The first-order valence-corrected chi connectivity index (χ1v) is 12.2. The van der Waals surface area contributed by atoms with E-state index in [4.69, 9.17) is 4.74 Å². The minimum atomic E-state index is -3.67. The van der Waals surface area contributed by atoms with E-state index in [0.29, 0.717) is 24.3 Å². The zero-order valence-electron chi connectivity index (χ0n) is 17.5. The number of rotatable bonds is 6. The molecule has 0 aromatic heterocycles. The number of para-hydroxylation sites is 1. The van der Waals surface area contributed by atoms with Gasteiger partial charge in [0.2, 0.25) is 10.0 Å². The minimum Gasteiger partial charge on any atom is -0.466 e. The highest BCUT2D eigenvalue weighted by Crippen LogP contribution is 2.50. The van der Waals surface area contributed by atoms with Crippen molar-refractivity contribution in [2.75, 3.05) is 24.1 Å². The van der Waals surface area contributed by atoms with Crippen molar-refractivity contribution in [2.45, 2.75) is 25.0 Å². The number of benzene rings is 2. The molecule has 3 atom stereocenters. The van der Waals surface area contributed by atoms with Gasteiger partial charge in [0, 0.05) is 18.4 Å². The van der Waals surface area contributed by atoms with Gasteiger partial charge in [-0.05, 0) is 36.1 Å². The topological polar surface area (TPSA) is 83.9 Å². The summed E-state index contributed by atoms with van der Waals surface area (Å²) in [5.74, 6) is -1.31. The summed E-state index contributed by atoms with van der Waals surface area (Å²) in [6.07, 6.45) is 2.35. The summed E-state index contributed by atoms with van der Waals surface area (Å²) in [5, 5.41) is 9.98. The lowest BCUT2D eigenvalue weighted by Crippen LogP contribution is -2.47. The average molecular weight is 442 g/mol. The zero-order chi connectivity index (χ0) is 22.0. The zero-order valence-corrected chi connectivity index (χ0v) is 18.3. The molecule has 0 spiro atoms. The Hall–Kier alpha value is -2.64. The number of esters is 1. The maximum absolute atomic E-state index is 13.5.